The Bertz CT molecular complexity index is 1100. The topological polar surface area (TPSA) is 157 Å². The number of hydrazine groups is 1. The quantitative estimate of drug-likeness (QED) is 0.163. The fourth-order valence-corrected chi connectivity index (χ4v) is 4.27. The molecule has 1 amide bonds. The van der Waals surface area contributed by atoms with Gasteiger partial charge in [0.1, 0.15) is 23.1 Å². The predicted molar refractivity (Wildman–Crippen MR) is 126 cm³/mol. The Labute approximate surface area is 194 Å². The van der Waals surface area contributed by atoms with Crippen LogP contribution < -0.4 is 15.9 Å². The number of imidazole rings is 1. The van der Waals surface area contributed by atoms with Gasteiger partial charge in [0, 0.05) is 39.3 Å². The van der Waals surface area contributed by atoms with Crippen molar-refractivity contribution in [3.63, 3.8) is 0 Å². The van der Waals surface area contributed by atoms with Crippen molar-refractivity contribution in [2.24, 2.45) is 5.84 Å². The van der Waals surface area contributed by atoms with E-state index in [1.807, 2.05) is 6.92 Å². The van der Waals surface area contributed by atoms with Crippen molar-refractivity contribution in [3.05, 3.63) is 41.0 Å². The molecule has 12 heteroatoms. The highest BCUT2D eigenvalue weighted by Crippen LogP contribution is 2.25. The van der Waals surface area contributed by atoms with Gasteiger partial charge in [-0.25, -0.2) is 18.4 Å². The zero-order chi connectivity index (χ0) is 24.8. The number of carbonyl (C=O) groups excluding carboxylic acids is 1. The van der Waals surface area contributed by atoms with Crippen molar-refractivity contribution in [2.75, 3.05) is 33.8 Å². The lowest BCUT2D eigenvalue weighted by Gasteiger charge is -2.20. The van der Waals surface area contributed by atoms with Crippen LogP contribution in [-0.4, -0.2) is 73.2 Å². The highest BCUT2D eigenvalue weighted by molar-refractivity contribution is 7.89. The number of rotatable bonds is 11. The Balaban J connectivity index is 2.33. The van der Waals surface area contributed by atoms with E-state index < -0.39 is 15.9 Å². The molecule has 1 aromatic carbocycles. The summed E-state index contributed by atoms with van der Waals surface area (Å²) in [6.45, 7) is 6.35. The molecule has 0 aliphatic rings. The molecule has 1 aromatic heterocycles. The minimum Gasteiger partial charge on any atom is -0.493 e. The summed E-state index contributed by atoms with van der Waals surface area (Å²) in [5, 5.41) is 12.3. The van der Waals surface area contributed by atoms with Crippen LogP contribution in [0.2, 0.25) is 0 Å². The minimum atomic E-state index is -3.84. The van der Waals surface area contributed by atoms with Gasteiger partial charge in [0.2, 0.25) is 10.0 Å². The Hall–Kier alpha value is -2.80. The van der Waals surface area contributed by atoms with Crippen LogP contribution in [0.1, 0.15) is 47.8 Å². The van der Waals surface area contributed by atoms with E-state index in [0.29, 0.717) is 31.1 Å². The molecule has 0 aliphatic carbocycles. The molecule has 0 atom stereocenters. The number of amides is 1. The van der Waals surface area contributed by atoms with Crippen LogP contribution in [0.15, 0.2) is 23.1 Å². The Kier molecular flexibility index (Phi) is 9.11. The van der Waals surface area contributed by atoms with E-state index in [4.69, 9.17) is 16.0 Å². The van der Waals surface area contributed by atoms with Gasteiger partial charge in [0.25, 0.3) is 5.91 Å². The number of carbonyl (C=O) groups is 1. The molecule has 0 spiro atoms. The van der Waals surface area contributed by atoms with Crippen molar-refractivity contribution >= 4 is 21.8 Å². The second-order valence-corrected chi connectivity index (χ2v) is 9.68. The van der Waals surface area contributed by atoms with Crippen LogP contribution >= 0.6 is 0 Å². The average Bonchev–Trinajstić information content (AvgIpc) is 3.12. The van der Waals surface area contributed by atoms with E-state index >= 15 is 0 Å². The Morgan fingerprint density at radius 2 is 1.97 bits per heavy atom. The molecule has 2 rings (SSSR count). The van der Waals surface area contributed by atoms with Crippen LogP contribution in [0.3, 0.4) is 0 Å². The molecular formula is C21H33N7O4S. The number of H-pyrrole nitrogens is 1. The number of nitrogens with two attached hydrogens (primary N) is 1. The molecule has 11 nitrogen and oxygen atoms in total. The first-order valence-corrected chi connectivity index (χ1v) is 12.1. The number of sulfonamides is 1. The number of ether oxygens (including phenoxy) is 1. The largest absolute Gasteiger partial charge is 0.493 e. The molecule has 0 unspecified atom stereocenters. The summed E-state index contributed by atoms with van der Waals surface area (Å²) >= 11 is 0. The molecule has 0 fully saturated rings. The van der Waals surface area contributed by atoms with E-state index in [1.165, 1.54) is 34.6 Å². The third kappa shape index (κ3) is 6.60. The van der Waals surface area contributed by atoms with Crippen molar-refractivity contribution in [1.82, 2.24) is 24.6 Å². The normalized spacial score (nSPS) is 11.8. The van der Waals surface area contributed by atoms with E-state index in [1.54, 1.807) is 20.9 Å². The minimum absolute atomic E-state index is 0.0247. The first-order valence-electron chi connectivity index (χ1n) is 10.7. The fourth-order valence-electron chi connectivity index (χ4n) is 3.08. The molecule has 5 N–H and O–H groups in total. The first-order chi connectivity index (χ1) is 15.5. The van der Waals surface area contributed by atoms with Crippen LogP contribution in [-0.2, 0) is 16.4 Å². The van der Waals surface area contributed by atoms with Gasteiger partial charge in [0.05, 0.1) is 17.1 Å². The molecule has 1 heterocycles. The van der Waals surface area contributed by atoms with E-state index in [2.05, 4.69) is 15.3 Å². The third-order valence-corrected chi connectivity index (χ3v) is 6.72. The maximum Gasteiger partial charge on any atom is 0.277 e. The van der Waals surface area contributed by atoms with Crippen LogP contribution in [0, 0.1) is 12.3 Å². The van der Waals surface area contributed by atoms with E-state index in [-0.39, 0.29) is 34.3 Å². The number of nitrogens with one attached hydrogen (secondary N) is 3. The SMILES string of the molecule is CCCc1nc(C(=O)NC(=N)c2cc(S(=O)(=O)N(C)CCN(C)N)ccc2OCC)c(C)[nH]1. The number of hydrogen-bond acceptors (Lipinski definition) is 8. The Morgan fingerprint density at radius 1 is 1.27 bits per heavy atom. The third-order valence-electron chi connectivity index (χ3n) is 4.87. The first kappa shape index (κ1) is 26.5. The number of likely N-dealkylation sites (N-methyl/N-ethyl adjacent to an activating group) is 2. The summed E-state index contributed by atoms with van der Waals surface area (Å²) < 4.78 is 32.7. The monoisotopic (exact) mass is 479 g/mol. The number of aromatic amines is 1. The second kappa shape index (κ2) is 11.4. The van der Waals surface area contributed by atoms with Gasteiger partial charge in [-0.3, -0.25) is 16.0 Å². The van der Waals surface area contributed by atoms with E-state index in [9.17, 15) is 13.2 Å². The molecule has 33 heavy (non-hydrogen) atoms. The summed E-state index contributed by atoms with van der Waals surface area (Å²) in [6.07, 6.45) is 1.58. The highest BCUT2D eigenvalue weighted by atomic mass is 32.2. The molecule has 0 saturated heterocycles. The Morgan fingerprint density at radius 3 is 2.58 bits per heavy atom. The molecule has 0 radical (unpaired) electrons. The number of amidine groups is 1. The highest BCUT2D eigenvalue weighted by Gasteiger charge is 2.24. The van der Waals surface area contributed by atoms with Gasteiger partial charge in [-0.15, -0.1) is 0 Å². The zero-order valence-electron chi connectivity index (χ0n) is 19.7. The van der Waals surface area contributed by atoms with Gasteiger partial charge in [-0.2, -0.15) is 4.31 Å². The van der Waals surface area contributed by atoms with Gasteiger partial charge >= 0.3 is 0 Å². The second-order valence-electron chi connectivity index (χ2n) is 7.63. The number of aromatic nitrogens is 2. The van der Waals surface area contributed by atoms with Crippen molar-refractivity contribution in [2.45, 2.75) is 38.5 Å². The summed E-state index contributed by atoms with van der Waals surface area (Å²) in [6, 6.07) is 4.22. The van der Waals surface area contributed by atoms with Crippen LogP contribution in [0.25, 0.3) is 0 Å². The molecule has 0 aliphatic heterocycles. The fraction of sp³-hybridized carbons (Fsp3) is 0.476. The number of benzene rings is 1. The number of hydrogen-bond donors (Lipinski definition) is 4. The van der Waals surface area contributed by atoms with Crippen LogP contribution in [0.5, 0.6) is 5.75 Å². The average molecular weight is 480 g/mol. The summed E-state index contributed by atoms with van der Waals surface area (Å²) in [5.41, 5.74) is 0.935. The zero-order valence-corrected chi connectivity index (χ0v) is 20.5. The van der Waals surface area contributed by atoms with Crippen molar-refractivity contribution < 1.29 is 17.9 Å². The van der Waals surface area contributed by atoms with Gasteiger partial charge in [0.15, 0.2) is 0 Å². The lowest BCUT2D eigenvalue weighted by molar-refractivity contribution is 0.0972. The van der Waals surface area contributed by atoms with Gasteiger partial charge in [-0.05, 0) is 38.5 Å². The summed E-state index contributed by atoms with van der Waals surface area (Å²) in [7, 11) is -0.745. The maximum atomic E-state index is 13.0. The van der Waals surface area contributed by atoms with Crippen LogP contribution in [0.4, 0.5) is 0 Å². The molecule has 0 saturated carbocycles. The van der Waals surface area contributed by atoms with Gasteiger partial charge < -0.3 is 15.0 Å². The lowest BCUT2D eigenvalue weighted by atomic mass is 10.1. The molecule has 0 bridgehead atoms. The molecular weight excluding hydrogens is 446 g/mol. The predicted octanol–water partition coefficient (Wildman–Crippen LogP) is 1.25. The number of aryl methyl sites for hydroxylation is 2. The summed E-state index contributed by atoms with van der Waals surface area (Å²) in [5.74, 6) is 5.72. The van der Waals surface area contributed by atoms with Gasteiger partial charge in [-0.1, -0.05) is 6.92 Å². The van der Waals surface area contributed by atoms with Crippen molar-refractivity contribution in [3.8, 4) is 5.75 Å². The summed E-state index contributed by atoms with van der Waals surface area (Å²) in [4.78, 5) is 20.1. The maximum absolute atomic E-state index is 13.0. The van der Waals surface area contributed by atoms with E-state index in [0.717, 1.165) is 6.42 Å². The molecule has 182 valence electrons. The smallest absolute Gasteiger partial charge is 0.277 e. The lowest BCUT2D eigenvalue weighted by Crippen LogP contribution is -2.37. The standard InChI is InChI=1S/C21H33N7O4S/c1-6-8-18-24-14(3)19(25-18)21(29)26-20(22)16-13-15(9-10-17(16)32-7-2)33(30,31)28(5)12-11-27(4)23/h9-10,13H,6-8,11-12,23H2,1-5H3,(H,24,25)(H2,22,26,29). The van der Waals surface area contributed by atoms with Crippen molar-refractivity contribution in [1.29, 1.82) is 5.41 Å². The molecule has 2 aromatic rings. The number of nitrogens with zero attached hydrogens (tertiary/aromatic N) is 3.